The van der Waals surface area contributed by atoms with Crippen LogP contribution in [0.15, 0.2) is 76.9 Å². The molecule has 0 heterocycles. The number of hydrogen-bond donors (Lipinski definition) is 1. The van der Waals surface area contributed by atoms with Gasteiger partial charge in [0, 0.05) is 6.08 Å². The number of esters is 1. The first-order valence-corrected chi connectivity index (χ1v) is 11.4. The molecule has 0 amide bonds. The molecule has 0 bridgehead atoms. The molecule has 0 aliphatic heterocycles. The van der Waals surface area contributed by atoms with Crippen molar-refractivity contribution < 1.29 is 37.3 Å². The number of benzene rings is 1. The van der Waals surface area contributed by atoms with Gasteiger partial charge in [0.1, 0.15) is 17.1 Å². The minimum absolute atomic E-state index is 0.154. The van der Waals surface area contributed by atoms with Gasteiger partial charge in [-0.15, -0.1) is 13.2 Å². The fourth-order valence-corrected chi connectivity index (χ4v) is 3.97. The van der Waals surface area contributed by atoms with Crippen molar-refractivity contribution in [1.29, 1.82) is 0 Å². The quantitative estimate of drug-likeness (QED) is 0.170. The Morgan fingerprint density at radius 2 is 1.81 bits per heavy atom. The number of aromatic carboxylic acids is 1. The summed E-state index contributed by atoms with van der Waals surface area (Å²) in [5, 5.41) is 9.25. The number of carboxylic acid groups (broad SMARTS) is 1. The second-order valence-corrected chi connectivity index (χ2v) is 9.35. The topological polar surface area (TPSA) is 72.8 Å². The zero-order valence-electron chi connectivity index (χ0n) is 21.0. The second kappa shape index (κ2) is 11.9. The van der Waals surface area contributed by atoms with Gasteiger partial charge >= 0.3 is 18.3 Å². The average molecular weight is 505 g/mol. The number of carbonyl (C=O) groups is 2. The lowest BCUT2D eigenvalue weighted by Crippen LogP contribution is -2.19. The van der Waals surface area contributed by atoms with Gasteiger partial charge in [0.15, 0.2) is 0 Å². The van der Waals surface area contributed by atoms with Crippen LogP contribution in [-0.4, -0.2) is 23.4 Å². The van der Waals surface area contributed by atoms with E-state index in [0.29, 0.717) is 11.6 Å². The maximum Gasteiger partial charge on any atom is 0.573 e. The zero-order valence-corrected chi connectivity index (χ0v) is 21.0. The summed E-state index contributed by atoms with van der Waals surface area (Å²) < 4.78 is 45.9. The van der Waals surface area contributed by atoms with Crippen molar-refractivity contribution in [3.63, 3.8) is 0 Å². The first-order valence-electron chi connectivity index (χ1n) is 11.4. The molecule has 0 unspecified atom stereocenters. The summed E-state index contributed by atoms with van der Waals surface area (Å²) in [4.78, 5) is 23.6. The van der Waals surface area contributed by atoms with Crippen molar-refractivity contribution in [2.45, 2.75) is 60.2 Å². The smallest absolute Gasteiger partial charge is 0.478 e. The lowest BCUT2D eigenvalue weighted by atomic mass is 9.72. The number of allylic oxidation sites excluding steroid dienone is 9. The summed E-state index contributed by atoms with van der Waals surface area (Å²) in [5.41, 5.74) is 3.86. The van der Waals surface area contributed by atoms with Crippen LogP contribution in [-0.2, 0) is 4.79 Å². The standard InChI is InChI=1S/C28H31F3O5/c1-18(11-13-23-20(3)10-7-15-27(23,4)5)8-6-9-19(2)16-25(32)35-24-14-12-21(36-28(29,30)31)17-22(24)26(33)34/h6,8-9,11-14,16-17H,7,10,15H2,1-5H3,(H,33,34). The lowest BCUT2D eigenvalue weighted by Gasteiger charge is -2.32. The van der Waals surface area contributed by atoms with Gasteiger partial charge in [0.05, 0.1) is 0 Å². The van der Waals surface area contributed by atoms with E-state index in [1.165, 1.54) is 17.6 Å². The number of hydrogen-bond acceptors (Lipinski definition) is 4. The average Bonchev–Trinajstić information content (AvgIpc) is 2.72. The molecular weight excluding hydrogens is 473 g/mol. The van der Waals surface area contributed by atoms with Crippen molar-refractivity contribution in [3.05, 3.63) is 82.5 Å². The Labute approximate surface area is 209 Å². The summed E-state index contributed by atoms with van der Waals surface area (Å²) in [5.74, 6) is -3.57. The number of rotatable bonds is 8. The number of carbonyl (C=O) groups excluding carboxylic acids is 1. The van der Waals surface area contributed by atoms with E-state index in [0.717, 1.165) is 36.6 Å². The highest BCUT2D eigenvalue weighted by atomic mass is 19.4. The lowest BCUT2D eigenvalue weighted by molar-refractivity contribution is -0.274. The summed E-state index contributed by atoms with van der Waals surface area (Å²) >= 11 is 0. The summed E-state index contributed by atoms with van der Waals surface area (Å²) in [6, 6.07) is 2.44. The van der Waals surface area contributed by atoms with E-state index >= 15 is 0 Å². The Bertz CT molecular complexity index is 1150. The molecule has 0 spiro atoms. The van der Waals surface area contributed by atoms with Crippen molar-refractivity contribution in [2.75, 3.05) is 0 Å². The van der Waals surface area contributed by atoms with Gasteiger partial charge in [-0.2, -0.15) is 0 Å². The molecule has 1 aliphatic rings. The predicted molar refractivity (Wildman–Crippen MR) is 132 cm³/mol. The third-order valence-electron chi connectivity index (χ3n) is 5.74. The Balaban J connectivity index is 2.06. The van der Waals surface area contributed by atoms with Crippen LogP contribution in [0, 0.1) is 5.41 Å². The highest BCUT2D eigenvalue weighted by molar-refractivity contribution is 5.94. The minimum atomic E-state index is -4.98. The van der Waals surface area contributed by atoms with Crippen LogP contribution in [0.1, 0.15) is 64.2 Å². The fraction of sp³-hybridized carbons (Fsp3) is 0.357. The number of halogens is 3. The highest BCUT2D eigenvalue weighted by Crippen LogP contribution is 2.40. The molecule has 0 radical (unpaired) electrons. The molecule has 2 rings (SSSR count). The zero-order chi connectivity index (χ0) is 27.1. The van der Waals surface area contributed by atoms with E-state index in [-0.39, 0.29) is 5.41 Å². The normalized spacial score (nSPS) is 17.1. The van der Waals surface area contributed by atoms with Gasteiger partial charge in [-0.05, 0) is 74.8 Å². The van der Waals surface area contributed by atoms with Crippen LogP contribution < -0.4 is 9.47 Å². The van der Waals surface area contributed by atoms with Gasteiger partial charge in [-0.3, -0.25) is 0 Å². The van der Waals surface area contributed by atoms with E-state index in [1.807, 2.05) is 13.0 Å². The third-order valence-corrected chi connectivity index (χ3v) is 5.74. The van der Waals surface area contributed by atoms with E-state index < -0.39 is 35.4 Å². The summed E-state index contributed by atoms with van der Waals surface area (Å²) in [6.07, 6.45) is 9.24. The molecule has 0 aromatic heterocycles. The summed E-state index contributed by atoms with van der Waals surface area (Å²) in [6.45, 7) is 10.3. The first kappa shape index (κ1) is 28.7. The molecule has 8 heteroatoms. The molecule has 0 saturated carbocycles. The molecule has 194 valence electrons. The number of alkyl halides is 3. The summed E-state index contributed by atoms with van der Waals surface area (Å²) in [7, 11) is 0. The minimum Gasteiger partial charge on any atom is -0.478 e. The Kier molecular flexibility index (Phi) is 9.50. The molecule has 1 aromatic rings. The van der Waals surface area contributed by atoms with Crippen LogP contribution in [0.3, 0.4) is 0 Å². The van der Waals surface area contributed by atoms with Gasteiger partial charge in [-0.1, -0.05) is 55.4 Å². The largest absolute Gasteiger partial charge is 0.573 e. The van der Waals surface area contributed by atoms with Crippen LogP contribution in [0.25, 0.3) is 0 Å². The Hall–Kier alpha value is -3.55. The van der Waals surface area contributed by atoms with Crippen molar-refractivity contribution in [2.24, 2.45) is 5.41 Å². The van der Waals surface area contributed by atoms with Crippen molar-refractivity contribution in [3.8, 4) is 11.5 Å². The first-order chi connectivity index (χ1) is 16.7. The van der Waals surface area contributed by atoms with Crippen LogP contribution in [0.2, 0.25) is 0 Å². The van der Waals surface area contributed by atoms with Crippen molar-refractivity contribution in [1.82, 2.24) is 0 Å². The van der Waals surface area contributed by atoms with Gasteiger partial charge < -0.3 is 14.6 Å². The molecule has 0 fully saturated rings. The predicted octanol–water partition coefficient (Wildman–Crippen LogP) is 7.72. The highest BCUT2D eigenvalue weighted by Gasteiger charge is 2.32. The maximum atomic E-state index is 12.4. The van der Waals surface area contributed by atoms with E-state index in [9.17, 15) is 27.9 Å². The number of carboxylic acids is 1. The Morgan fingerprint density at radius 3 is 2.42 bits per heavy atom. The van der Waals surface area contributed by atoms with E-state index in [2.05, 4.69) is 37.7 Å². The van der Waals surface area contributed by atoms with Gasteiger partial charge in [0.25, 0.3) is 0 Å². The van der Waals surface area contributed by atoms with Crippen LogP contribution >= 0.6 is 0 Å². The molecule has 1 aliphatic carbocycles. The molecule has 5 nitrogen and oxygen atoms in total. The third kappa shape index (κ3) is 8.91. The SMILES string of the molecule is CC(C=CC1=C(C)CCCC1(C)C)=CC=CC(C)=CC(=O)Oc1ccc(OC(F)(F)F)cc1C(=O)O. The molecule has 0 saturated heterocycles. The van der Waals surface area contributed by atoms with Crippen LogP contribution in [0.4, 0.5) is 13.2 Å². The van der Waals surface area contributed by atoms with Gasteiger partial charge in [-0.25, -0.2) is 9.59 Å². The second-order valence-electron chi connectivity index (χ2n) is 9.35. The number of ether oxygens (including phenoxy) is 2. The molecule has 0 atom stereocenters. The monoisotopic (exact) mass is 504 g/mol. The molecule has 36 heavy (non-hydrogen) atoms. The molecule has 1 aromatic carbocycles. The van der Waals surface area contributed by atoms with Gasteiger partial charge in [0.2, 0.25) is 0 Å². The molecular formula is C28H31F3O5. The molecule has 1 N–H and O–H groups in total. The van der Waals surface area contributed by atoms with E-state index in [4.69, 9.17) is 4.74 Å². The van der Waals surface area contributed by atoms with Crippen molar-refractivity contribution >= 4 is 11.9 Å². The fourth-order valence-electron chi connectivity index (χ4n) is 3.97. The van der Waals surface area contributed by atoms with Crippen LogP contribution in [0.5, 0.6) is 11.5 Å². The maximum absolute atomic E-state index is 12.4. The Morgan fingerprint density at radius 1 is 1.11 bits per heavy atom. The van der Waals surface area contributed by atoms with E-state index in [1.54, 1.807) is 19.1 Å².